The van der Waals surface area contributed by atoms with Gasteiger partial charge in [-0.1, -0.05) is 0 Å². The molecule has 3 heteroatoms. The van der Waals surface area contributed by atoms with E-state index in [1.54, 1.807) is 0 Å². The Morgan fingerprint density at radius 1 is 1.78 bits per heavy atom. The zero-order valence-electron chi connectivity index (χ0n) is 5.32. The highest BCUT2D eigenvalue weighted by molar-refractivity contribution is 6.20. The Bertz CT molecular complexity index is 129. The summed E-state index contributed by atoms with van der Waals surface area (Å²) >= 11 is 5.53. The maximum Gasteiger partial charge on any atom is 0.313 e. The number of ether oxygens (including phenoxy) is 1. The molecule has 0 amide bonds. The Balaban J connectivity index is 2.49. The lowest BCUT2D eigenvalue weighted by atomic mass is 10.1. The Morgan fingerprint density at radius 2 is 2.33 bits per heavy atom. The summed E-state index contributed by atoms with van der Waals surface area (Å²) in [6.07, 6.45) is 1.78. The molecular weight excluding hydrogens is 140 g/mol. The lowest BCUT2D eigenvalue weighted by molar-refractivity contribution is -0.146. The van der Waals surface area contributed by atoms with Gasteiger partial charge in [0.2, 0.25) is 0 Å². The van der Waals surface area contributed by atoms with E-state index >= 15 is 0 Å². The smallest absolute Gasteiger partial charge is 0.313 e. The van der Waals surface area contributed by atoms with Crippen molar-refractivity contribution in [2.45, 2.75) is 12.8 Å². The number of carbonyl (C=O) groups is 1. The van der Waals surface area contributed by atoms with Crippen LogP contribution in [0.15, 0.2) is 0 Å². The minimum absolute atomic E-state index is 0.155. The van der Waals surface area contributed by atoms with Gasteiger partial charge in [-0.3, -0.25) is 4.79 Å². The zero-order valence-corrected chi connectivity index (χ0v) is 6.07. The van der Waals surface area contributed by atoms with Crippen LogP contribution in [-0.2, 0) is 9.53 Å². The van der Waals surface area contributed by atoms with Crippen molar-refractivity contribution in [2.24, 2.45) is 5.41 Å². The molecule has 0 atom stereocenters. The van der Waals surface area contributed by atoms with Gasteiger partial charge in [-0.2, -0.15) is 0 Å². The van der Waals surface area contributed by atoms with E-state index in [4.69, 9.17) is 11.6 Å². The number of hydrogen-bond acceptors (Lipinski definition) is 2. The molecule has 9 heavy (non-hydrogen) atoms. The standard InChI is InChI=1S/C6H9ClO2/c1-9-5(8)6(4-7)2-3-6/h2-4H2,1H3. The monoisotopic (exact) mass is 148 g/mol. The molecule has 1 aliphatic carbocycles. The molecule has 0 aliphatic heterocycles. The molecule has 0 aromatic rings. The van der Waals surface area contributed by atoms with E-state index in [9.17, 15) is 4.79 Å². The van der Waals surface area contributed by atoms with Crippen LogP contribution in [0.1, 0.15) is 12.8 Å². The molecule has 2 nitrogen and oxygen atoms in total. The van der Waals surface area contributed by atoms with Crippen LogP contribution < -0.4 is 0 Å². The lowest BCUT2D eigenvalue weighted by Gasteiger charge is -2.05. The van der Waals surface area contributed by atoms with Crippen LogP contribution in [0.25, 0.3) is 0 Å². The summed E-state index contributed by atoms with van der Waals surface area (Å²) in [5, 5.41) is 0. The SMILES string of the molecule is COC(=O)C1(CCl)CC1. The van der Waals surface area contributed by atoms with E-state index in [2.05, 4.69) is 4.74 Å². The molecule has 0 unspecified atom stereocenters. The van der Waals surface area contributed by atoms with Crippen molar-refractivity contribution in [1.29, 1.82) is 0 Å². The molecule has 0 radical (unpaired) electrons. The predicted molar refractivity (Wildman–Crippen MR) is 34.4 cm³/mol. The number of hydrogen-bond donors (Lipinski definition) is 0. The van der Waals surface area contributed by atoms with Crippen LogP contribution in [0.4, 0.5) is 0 Å². The van der Waals surface area contributed by atoms with Crippen LogP contribution in [0.3, 0.4) is 0 Å². The van der Waals surface area contributed by atoms with E-state index in [0.29, 0.717) is 5.88 Å². The van der Waals surface area contributed by atoms with Crippen LogP contribution in [0.2, 0.25) is 0 Å². The van der Waals surface area contributed by atoms with Crippen molar-refractivity contribution in [2.75, 3.05) is 13.0 Å². The van der Waals surface area contributed by atoms with Crippen molar-refractivity contribution in [3.63, 3.8) is 0 Å². The maximum absolute atomic E-state index is 10.8. The van der Waals surface area contributed by atoms with Crippen molar-refractivity contribution in [3.05, 3.63) is 0 Å². The molecule has 0 saturated heterocycles. The largest absolute Gasteiger partial charge is 0.469 e. The fourth-order valence-electron chi connectivity index (χ4n) is 0.760. The summed E-state index contributed by atoms with van der Waals surface area (Å²) in [5.41, 5.74) is -0.295. The third kappa shape index (κ3) is 1.04. The number of rotatable bonds is 2. The van der Waals surface area contributed by atoms with Crippen LogP contribution in [0.5, 0.6) is 0 Å². The Morgan fingerprint density at radius 3 is 2.44 bits per heavy atom. The first-order valence-electron chi connectivity index (χ1n) is 2.89. The van der Waals surface area contributed by atoms with Gasteiger partial charge in [0.1, 0.15) is 0 Å². The summed E-state index contributed by atoms with van der Waals surface area (Å²) in [5.74, 6) is 0.247. The summed E-state index contributed by atoms with van der Waals surface area (Å²) < 4.78 is 4.54. The zero-order chi connectivity index (χ0) is 6.91. The van der Waals surface area contributed by atoms with Gasteiger partial charge in [-0.15, -0.1) is 11.6 Å². The average Bonchev–Trinajstić information content (AvgIpc) is 2.66. The summed E-state index contributed by atoms with van der Waals surface area (Å²) in [4.78, 5) is 10.8. The topological polar surface area (TPSA) is 26.3 Å². The highest BCUT2D eigenvalue weighted by atomic mass is 35.5. The van der Waals surface area contributed by atoms with E-state index in [-0.39, 0.29) is 11.4 Å². The molecular formula is C6H9ClO2. The van der Waals surface area contributed by atoms with Crippen molar-refractivity contribution >= 4 is 17.6 Å². The van der Waals surface area contributed by atoms with Crippen molar-refractivity contribution in [3.8, 4) is 0 Å². The van der Waals surface area contributed by atoms with Crippen LogP contribution in [-0.4, -0.2) is 19.0 Å². The number of alkyl halides is 1. The summed E-state index contributed by atoms with van der Waals surface area (Å²) in [7, 11) is 1.40. The highest BCUT2D eigenvalue weighted by Gasteiger charge is 2.50. The fourth-order valence-corrected chi connectivity index (χ4v) is 1.14. The Hall–Kier alpha value is -0.240. The number of esters is 1. The average molecular weight is 149 g/mol. The number of halogens is 1. The normalized spacial score (nSPS) is 21.1. The van der Waals surface area contributed by atoms with Gasteiger partial charge in [-0.25, -0.2) is 0 Å². The predicted octanol–water partition coefficient (Wildman–Crippen LogP) is 1.18. The van der Waals surface area contributed by atoms with Gasteiger partial charge in [0.15, 0.2) is 0 Å². The third-order valence-corrected chi connectivity index (χ3v) is 2.24. The maximum atomic E-state index is 10.8. The first-order chi connectivity index (χ1) is 4.25. The van der Waals surface area contributed by atoms with E-state index in [1.165, 1.54) is 7.11 Å². The van der Waals surface area contributed by atoms with Gasteiger partial charge in [0.05, 0.1) is 12.5 Å². The minimum Gasteiger partial charge on any atom is -0.469 e. The molecule has 52 valence electrons. The molecule has 0 aromatic heterocycles. The van der Waals surface area contributed by atoms with Gasteiger partial charge >= 0.3 is 5.97 Å². The second kappa shape index (κ2) is 2.18. The van der Waals surface area contributed by atoms with Crippen LogP contribution in [0, 0.1) is 5.41 Å². The Kier molecular flexibility index (Phi) is 1.66. The van der Waals surface area contributed by atoms with Crippen LogP contribution >= 0.6 is 11.6 Å². The first-order valence-corrected chi connectivity index (χ1v) is 3.43. The fraction of sp³-hybridized carbons (Fsp3) is 0.833. The molecule has 1 saturated carbocycles. The van der Waals surface area contributed by atoms with E-state index in [1.807, 2.05) is 0 Å². The molecule has 0 aromatic carbocycles. The Labute approximate surface area is 59.1 Å². The van der Waals surface area contributed by atoms with Gasteiger partial charge in [-0.05, 0) is 12.8 Å². The molecule has 1 rings (SSSR count). The van der Waals surface area contributed by atoms with E-state index < -0.39 is 0 Å². The van der Waals surface area contributed by atoms with Crippen molar-refractivity contribution in [1.82, 2.24) is 0 Å². The second-order valence-electron chi connectivity index (χ2n) is 2.41. The molecule has 1 aliphatic rings. The highest BCUT2D eigenvalue weighted by Crippen LogP contribution is 2.47. The van der Waals surface area contributed by atoms with Gasteiger partial charge in [0.25, 0.3) is 0 Å². The molecule has 0 heterocycles. The molecule has 0 bridgehead atoms. The van der Waals surface area contributed by atoms with Gasteiger partial charge < -0.3 is 4.74 Å². The second-order valence-corrected chi connectivity index (χ2v) is 2.67. The minimum atomic E-state index is -0.295. The molecule has 0 spiro atoms. The number of carbonyl (C=O) groups excluding carboxylic acids is 1. The molecule has 1 fully saturated rings. The van der Waals surface area contributed by atoms with Crippen molar-refractivity contribution < 1.29 is 9.53 Å². The third-order valence-electron chi connectivity index (χ3n) is 1.73. The number of methoxy groups -OCH3 is 1. The first kappa shape index (κ1) is 6.87. The summed E-state index contributed by atoms with van der Waals surface area (Å²) in [6, 6.07) is 0. The lowest BCUT2D eigenvalue weighted by Crippen LogP contribution is -2.18. The van der Waals surface area contributed by atoms with Gasteiger partial charge in [0, 0.05) is 5.88 Å². The van der Waals surface area contributed by atoms with E-state index in [0.717, 1.165) is 12.8 Å². The quantitative estimate of drug-likeness (QED) is 0.434. The molecule has 0 N–H and O–H groups in total. The summed E-state index contributed by atoms with van der Waals surface area (Å²) in [6.45, 7) is 0.